The Morgan fingerprint density at radius 2 is 1.10 bits per heavy atom. The molecule has 0 spiro atoms. The highest BCUT2D eigenvalue weighted by molar-refractivity contribution is 7.99. The molecule has 4 rings (SSSR count). The van der Waals surface area contributed by atoms with Crippen LogP contribution in [0.5, 0.6) is 11.5 Å². The van der Waals surface area contributed by atoms with Gasteiger partial charge in [-0.15, -0.1) is 0 Å². The fourth-order valence-electron chi connectivity index (χ4n) is 3.88. The maximum Gasteiger partial charge on any atom is 0.333 e. The second kappa shape index (κ2) is 13.0. The summed E-state index contributed by atoms with van der Waals surface area (Å²) in [4.78, 5) is 25.7. The van der Waals surface area contributed by atoms with Gasteiger partial charge >= 0.3 is 11.9 Å². The minimum Gasteiger partial charge on any atom is -0.489 e. The molecule has 0 bridgehead atoms. The molecule has 4 aromatic rings. The van der Waals surface area contributed by atoms with Crippen LogP contribution >= 0.6 is 11.8 Å². The first-order chi connectivity index (χ1) is 18.8. The quantitative estimate of drug-likeness (QED) is 0.0815. The summed E-state index contributed by atoms with van der Waals surface area (Å²) in [5.41, 5.74) is 0.675. The van der Waals surface area contributed by atoms with E-state index in [-0.39, 0.29) is 26.4 Å². The van der Waals surface area contributed by atoms with E-state index in [9.17, 15) is 9.59 Å². The third kappa shape index (κ3) is 7.00. The lowest BCUT2D eigenvalue weighted by atomic mass is 10.0. The molecule has 200 valence electrons. The summed E-state index contributed by atoms with van der Waals surface area (Å²) in [7, 11) is 0. The number of hydrogen-bond donors (Lipinski definition) is 0. The normalized spacial score (nSPS) is 10.7. The van der Waals surface area contributed by atoms with Crippen LogP contribution in [0.1, 0.15) is 13.8 Å². The summed E-state index contributed by atoms with van der Waals surface area (Å²) in [6, 6.07) is 24.0. The maximum absolute atomic E-state index is 11.8. The lowest BCUT2D eigenvalue weighted by molar-refractivity contribution is -0.140. The van der Waals surface area contributed by atoms with Crippen LogP contribution in [0.3, 0.4) is 0 Å². The first-order valence-corrected chi connectivity index (χ1v) is 13.3. The Morgan fingerprint density at radius 1 is 0.615 bits per heavy atom. The van der Waals surface area contributed by atoms with Crippen molar-refractivity contribution in [3.8, 4) is 11.5 Å². The van der Waals surface area contributed by atoms with Crippen molar-refractivity contribution in [2.75, 3.05) is 26.4 Å². The lowest BCUT2D eigenvalue weighted by Crippen LogP contribution is -2.13. The molecule has 0 N–H and O–H groups in total. The number of ether oxygens (including phenoxy) is 4. The molecule has 0 unspecified atom stereocenters. The van der Waals surface area contributed by atoms with Crippen LogP contribution in [0.15, 0.2) is 107 Å². The van der Waals surface area contributed by atoms with Crippen molar-refractivity contribution < 1.29 is 28.5 Å². The van der Waals surface area contributed by atoms with Crippen molar-refractivity contribution in [2.45, 2.75) is 23.6 Å². The van der Waals surface area contributed by atoms with Crippen LogP contribution in [-0.2, 0) is 19.1 Å². The Hall–Kier alpha value is -4.23. The van der Waals surface area contributed by atoms with Crippen molar-refractivity contribution in [3.05, 3.63) is 97.1 Å². The molecule has 0 amide bonds. The zero-order valence-corrected chi connectivity index (χ0v) is 22.8. The van der Waals surface area contributed by atoms with Crippen LogP contribution < -0.4 is 9.47 Å². The summed E-state index contributed by atoms with van der Waals surface area (Å²) in [5, 5.41) is 3.42. The van der Waals surface area contributed by atoms with Gasteiger partial charge in [0, 0.05) is 42.5 Å². The maximum atomic E-state index is 11.8. The van der Waals surface area contributed by atoms with Crippen LogP contribution in [0.25, 0.3) is 21.5 Å². The summed E-state index contributed by atoms with van der Waals surface area (Å²) >= 11 is 1.64. The van der Waals surface area contributed by atoms with Gasteiger partial charge in [0.15, 0.2) is 0 Å². The van der Waals surface area contributed by atoms with Gasteiger partial charge in [0.05, 0.1) is 0 Å². The van der Waals surface area contributed by atoms with E-state index in [1.807, 2.05) is 54.6 Å². The third-order valence-corrected chi connectivity index (χ3v) is 6.70. The minimum absolute atomic E-state index is 0.0896. The molecule has 0 heterocycles. The van der Waals surface area contributed by atoms with Gasteiger partial charge in [-0.1, -0.05) is 67.4 Å². The molecule has 4 aromatic carbocycles. The molecule has 0 aliphatic rings. The summed E-state index contributed by atoms with van der Waals surface area (Å²) in [6.07, 6.45) is 0. The van der Waals surface area contributed by atoms with Crippen LogP contribution in [0.2, 0.25) is 0 Å². The second-order valence-corrected chi connectivity index (χ2v) is 10.0. The Balaban J connectivity index is 1.71. The molecule has 7 heteroatoms. The monoisotopic (exact) mass is 542 g/mol. The topological polar surface area (TPSA) is 71.1 Å². The predicted molar refractivity (Wildman–Crippen MR) is 155 cm³/mol. The average Bonchev–Trinajstić information content (AvgIpc) is 2.94. The Labute approximate surface area is 232 Å². The van der Waals surface area contributed by atoms with E-state index in [0.29, 0.717) is 22.6 Å². The first kappa shape index (κ1) is 27.8. The minimum atomic E-state index is -0.453. The van der Waals surface area contributed by atoms with E-state index >= 15 is 0 Å². The third-order valence-electron chi connectivity index (χ3n) is 5.70. The number of rotatable bonds is 12. The highest BCUT2D eigenvalue weighted by Gasteiger charge is 2.18. The van der Waals surface area contributed by atoms with Gasteiger partial charge in [-0.05, 0) is 44.2 Å². The van der Waals surface area contributed by atoms with Gasteiger partial charge in [0.1, 0.15) is 37.9 Å². The van der Waals surface area contributed by atoms with Gasteiger partial charge in [0.2, 0.25) is 0 Å². The molecule has 0 aliphatic carbocycles. The number of carbonyl (C=O) groups is 2. The van der Waals surface area contributed by atoms with E-state index in [1.165, 1.54) is 0 Å². The van der Waals surface area contributed by atoms with E-state index in [0.717, 1.165) is 31.3 Å². The molecular weight excluding hydrogens is 512 g/mol. The molecule has 0 saturated heterocycles. The van der Waals surface area contributed by atoms with Gasteiger partial charge < -0.3 is 18.9 Å². The molecular formula is C32H30O6S. The Kier molecular flexibility index (Phi) is 9.28. The summed E-state index contributed by atoms with van der Waals surface area (Å²) < 4.78 is 22.9. The van der Waals surface area contributed by atoms with Gasteiger partial charge in [-0.25, -0.2) is 9.59 Å². The number of fused-ring (bicyclic) bond motifs is 2. The van der Waals surface area contributed by atoms with Crippen molar-refractivity contribution in [3.63, 3.8) is 0 Å². The number of esters is 2. The molecule has 0 aliphatic heterocycles. The van der Waals surface area contributed by atoms with E-state index in [4.69, 9.17) is 18.9 Å². The average molecular weight is 543 g/mol. The molecule has 0 radical (unpaired) electrons. The Bertz CT molecular complexity index is 1530. The van der Waals surface area contributed by atoms with Crippen molar-refractivity contribution in [1.29, 1.82) is 0 Å². The SMILES string of the molecule is C=C(C)C(=O)OCCOc1c2ccccc2c(OCCOC(=O)C(=C)C)c2cc(Sc3ccccc3)ccc12. The second-order valence-electron chi connectivity index (χ2n) is 8.86. The largest absolute Gasteiger partial charge is 0.489 e. The van der Waals surface area contributed by atoms with Crippen LogP contribution in [0.4, 0.5) is 0 Å². The van der Waals surface area contributed by atoms with Crippen LogP contribution in [-0.4, -0.2) is 38.4 Å². The fourth-order valence-corrected chi connectivity index (χ4v) is 4.76. The van der Waals surface area contributed by atoms with Gasteiger partial charge in [-0.3, -0.25) is 0 Å². The number of hydrogen-bond acceptors (Lipinski definition) is 7. The zero-order valence-electron chi connectivity index (χ0n) is 22.0. The van der Waals surface area contributed by atoms with Crippen molar-refractivity contribution in [2.24, 2.45) is 0 Å². The number of benzene rings is 4. The molecule has 0 atom stereocenters. The standard InChI is InChI=1S/C32H30O6S/c1-21(2)31(33)37-18-16-35-29-25-12-8-9-13-26(25)30(36-17-19-38-32(34)22(3)4)28-20-24(14-15-27(28)29)39-23-10-6-5-7-11-23/h5-15,20H,1,3,16-19H2,2,4H3. The van der Waals surface area contributed by atoms with Gasteiger partial charge in [0.25, 0.3) is 0 Å². The lowest BCUT2D eigenvalue weighted by Gasteiger charge is -2.18. The highest BCUT2D eigenvalue weighted by Crippen LogP contribution is 2.44. The molecule has 0 fully saturated rings. The fraction of sp³-hybridized carbons (Fsp3) is 0.188. The van der Waals surface area contributed by atoms with Crippen molar-refractivity contribution in [1.82, 2.24) is 0 Å². The highest BCUT2D eigenvalue weighted by atomic mass is 32.2. The number of carbonyl (C=O) groups excluding carboxylic acids is 2. The molecule has 0 aromatic heterocycles. The van der Waals surface area contributed by atoms with Crippen LogP contribution in [0, 0.1) is 0 Å². The molecule has 39 heavy (non-hydrogen) atoms. The van der Waals surface area contributed by atoms with E-state index in [2.05, 4.69) is 31.4 Å². The molecule has 6 nitrogen and oxygen atoms in total. The summed E-state index contributed by atoms with van der Waals surface area (Å²) in [6.45, 7) is 11.0. The smallest absolute Gasteiger partial charge is 0.333 e. The van der Waals surface area contributed by atoms with Crippen molar-refractivity contribution >= 4 is 45.2 Å². The molecule has 0 saturated carbocycles. The van der Waals surface area contributed by atoms with E-state index in [1.54, 1.807) is 25.6 Å². The predicted octanol–water partition coefficient (Wildman–Crippen LogP) is 7.14. The first-order valence-electron chi connectivity index (χ1n) is 12.5. The zero-order chi connectivity index (χ0) is 27.8. The Morgan fingerprint density at radius 3 is 1.64 bits per heavy atom. The summed E-state index contributed by atoms with van der Waals surface area (Å²) in [5.74, 6) is 0.436. The van der Waals surface area contributed by atoms with Gasteiger partial charge in [-0.2, -0.15) is 0 Å². The van der Waals surface area contributed by atoms with E-state index < -0.39 is 11.9 Å².